The molecule has 2 rings (SSSR count). The van der Waals surface area contributed by atoms with Gasteiger partial charge in [-0.05, 0) is 59.9 Å². The maximum absolute atomic E-state index is 13.7. The first kappa shape index (κ1) is 15.1. The minimum atomic E-state index is -0.424. The second-order valence-corrected chi connectivity index (χ2v) is 6.36. The molecule has 0 aliphatic carbocycles. The molecule has 0 aromatic heterocycles. The van der Waals surface area contributed by atoms with Gasteiger partial charge in [0.05, 0.1) is 4.47 Å². The van der Waals surface area contributed by atoms with Crippen LogP contribution in [0, 0.1) is 11.7 Å². The fourth-order valence-electron chi connectivity index (χ4n) is 2.23. The van der Waals surface area contributed by atoms with Gasteiger partial charge in [-0.25, -0.2) is 4.39 Å². The van der Waals surface area contributed by atoms with Crippen LogP contribution in [0.1, 0.15) is 19.8 Å². The lowest BCUT2D eigenvalue weighted by Crippen LogP contribution is -2.35. The largest absolute Gasteiger partial charge is 0.488 e. The number of likely N-dealkylation sites (tertiary alicyclic amines) is 1. The van der Waals surface area contributed by atoms with E-state index in [1.807, 2.05) is 0 Å². The Labute approximate surface area is 127 Å². The first-order valence-corrected chi connectivity index (χ1v) is 7.73. The predicted molar refractivity (Wildman–Crippen MR) is 79.4 cm³/mol. The highest BCUT2D eigenvalue weighted by Crippen LogP contribution is 2.31. The van der Waals surface area contributed by atoms with Crippen molar-refractivity contribution in [3.63, 3.8) is 0 Å². The van der Waals surface area contributed by atoms with Crippen LogP contribution in [0.25, 0.3) is 0 Å². The van der Waals surface area contributed by atoms with Gasteiger partial charge in [-0.2, -0.15) is 0 Å². The summed E-state index contributed by atoms with van der Waals surface area (Å²) < 4.78 is 19.8. The smallest absolute Gasteiger partial charge is 0.169 e. The third-order valence-corrected chi connectivity index (χ3v) is 4.30. The number of rotatable bonds is 4. The maximum atomic E-state index is 13.7. The molecule has 0 saturated carbocycles. The molecule has 5 heteroatoms. The molecule has 0 bridgehead atoms. The zero-order chi connectivity index (χ0) is 13.8. The molecule has 1 aromatic rings. The topological polar surface area (TPSA) is 12.5 Å². The molecule has 0 radical (unpaired) electrons. The lowest BCUT2D eigenvalue weighted by atomic mass is 9.99. The quantitative estimate of drug-likeness (QED) is 0.800. The average molecular weight is 351 g/mol. The Morgan fingerprint density at radius 3 is 2.74 bits per heavy atom. The van der Waals surface area contributed by atoms with E-state index in [0.717, 1.165) is 25.6 Å². The minimum Gasteiger partial charge on any atom is -0.488 e. The van der Waals surface area contributed by atoms with Crippen LogP contribution in [-0.2, 0) is 0 Å². The van der Waals surface area contributed by atoms with Crippen molar-refractivity contribution in [3.05, 3.63) is 27.4 Å². The van der Waals surface area contributed by atoms with Crippen LogP contribution < -0.4 is 4.74 Å². The average Bonchev–Trinajstić information content (AvgIpc) is 2.34. The van der Waals surface area contributed by atoms with Gasteiger partial charge >= 0.3 is 0 Å². The summed E-state index contributed by atoms with van der Waals surface area (Å²) >= 11 is 9.03. The Hall–Kier alpha value is -0.320. The maximum Gasteiger partial charge on any atom is 0.169 e. The van der Waals surface area contributed by atoms with E-state index in [-0.39, 0.29) is 5.75 Å². The van der Waals surface area contributed by atoms with Crippen molar-refractivity contribution in [2.45, 2.75) is 19.8 Å². The Bertz CT molecular complexity index is 412. The molecule has 0 amide bonds. The summed E-state index contributed by atoms with van der Waals surface area (Å²) in [6.45, 7) is 5.82. The molecule has 106 valence electrons. The fraction of sp³-hybridized carbons (Fsp3) is 0.571. The molecular formula is C14H18BrClFNO. The third kappa shape index (κ3) is 4.33. The van der Waals surface area contributed by atoms with Gasteiger partial charge in [0.15, 0.2) is 11.6 Å². The van der Waals surface area contributed by atoms with Gasteiger partial charge in [-0.15, -0.1) is 0 Å². The molecule has 19 heavy (non-hydrogen) atoms. The SMILES string of the molecule is CC1CCN(CCOc2c(F)cc(Cl)cc2Br)CC1. The number of nitrogens with zero attached hydrogens (tertiary/aromatic N) is 1. The Morgan fingerprint density at radius 2 is 2.11 bits per heavy atom. The Balaban J connectivity index is 1.83. The molecule has 0 unspecified atom stereocenters. The second kappa shape index (κ2) is 6.91. The molecule has 0 N–H and O–H groups in total. The summed E-state index contributed by atoms with van der Waals surface area (Å²) in [6, 6.07) is 2.91. The van der Waals surface area contributed by atoms with Gasteiger partial charge in [0, 0.05) is 11.6 Å². The number of piperidine rings is 1. The number of benzene rings is 1. The Kier molecular flexibility index (Phi) is 5.48. The van der Waals surface area contributed by atoms with Crippen molar-refractivity contribution in [1.29, 1.82) is 0 Å². The van der Waals surface area contributed by atoms with E-state index in [2.05, 4.69) is 27.8 Å². The highest BCUT2D eigenvalue weighted by molar-refractivity contribution is 9.10. The van der Waals surface area contributed by atoms with Crippen molar-refractivity contribution < 1.29 is 9.13 Å². The van der Waals surface area contributed by atoms with Crippen LogP contribution in [-0.4, -0.2) is 31.1 Å². The second-order valence-electron chi connectivity index (χ2n) is 5.07. The van der Waals surface area contributed by atoms with Crippen molar-refractivity contribution in [2.75, 3.05) is 26.2 Å². The highest BCUT2D eigenvalue weighted by Gasteiger charge is 2.16. The van der Waals surface area contributed by atoms with Crippen molar-refractivity contribution in [3.8, 4) is 5.75 Å². The lowest BCUT2D eigenvalue weighted by Gasteiger charge is -2.30. The zero-order valence-corrected chi connectivity index (χ0v) is 13.3. The van der Waals surface area contributed by atoms with E-state index in [1.54, 1.807) is 6.07 Å². The molecule has 1 heterocycles. The van der Waals surface area contributed by atoms with Crippen LogP contribution in [0.4, 0.5) is 4.39 Å². The molecule has 2 nitrogen and oxygen atoms in total. The summed E-state index contributed by atoms with van der Waals surface area (Å²) in [4.78, 5) is 2.36. The third-order valence-electron chi connectivity index (χ3n) is 3.49. The molecule has 1 aliphatic heterocycles. The van der Waals surface area contributed by atoms with E-state index >= 15 is 0 Å². The standard InChI is InChI=1S/C14H18BrClFNO/c1-10-2-4-18(5-3-10)6-7-19-14-12(15)8-11(16)9-13(14)17/h8-10H,2-7H2,1H3. The first-order chi connectivity index (χ1) is 9.06. The van der Waals surface area contributed by atoms with Gasteiger partial charge in [-0.1, -0.05) is 18.5 Å². The van der Waals surface area contributed by atoms with E-state index in [0.29, 0.717) is 16.1 Å². The van der Waals surface area contributed by atoms with Gasteiger partial charge in [-0.3, -0.25) is 4.90 Å². The van der Waals surface area contributed by atoms with E-state index in [9.17, 15) is 4.39 Å². The monoisotopic (exact) mass is 349 g/mol. The highest BCUT2D eigenvalue weighted by atomic mass is 79.9. The van der Waals surface area contributed by atoms with E-state index < -0.39 is 5.82 Å². The van der Waals surface area contributed by atoms with Crippen molar-refractivity contribution in [2.24, 2.45) is 5.92 Å². The molecule has 0 atom stereocenters. The van der Waals surface area contributed by atoms with Crippen LogP contribution >= 0.6 is 27.5 Å². The van der Waals surface area contributed by atoms with Crippen LogP contribution in [0.5, 0.6) is 5.75 Å². The summed E-state index contributed by atoms with van der Waals surface area (Å²) in [5.41, 5.74) is 0. The van der Waals surface area contributed by atoms with Crippen LogP contribution in [0.3, 0.4) is 0 Å². The first-order valence-electron chi connectivity index (χ1n) is 6.56. The van der Waals surface area contributed by atoms with Crippen molar-refractivity contribution in [1.82, 2.24) is 4.90 Å². The molecule has 1 fully saturated rings. The molecule has 1 aliphatic rings. The van der Waals surface area contributed by atoms with Crippen molar-refractivity contribution >= 4 is 27.5 Å². The summed E-state index contributed by atoms with van der Waals surface area (Å²) in [6.07, 6.45) is 2.47. The number of hydrogen-bond donors (Lipinski definition) is 0. The number of halogens is 3. The van der Waals surface area contributed by atoms with Gasteiger partial charge in [0.25, 0.3) is 0 Å². The van der Waals surface area contributed by atoms with Gasteiger partial charge in [0.2, 0.25) is 0 Å². The van der Waals surface area contributed by atoms with Gasteiger partial charge in [0.1, 0.15) is 6.61 Å². The molecule has 0 spiro atoms. The zero-order valence-electron chi connectivity index (χ0n) is 11.0. The molecule has 1 aromatic carbocycles. The lowest BCUT2D eigenvalue weighted by molar-refractivity contribution is 0.158. The van der Waals surface area contributed by atoms with Gasteiger partial charge < -0.3 is 4.74 Å². The molecular weight excluding hydrogens is 333 g/mol. The van der Waals surface area contributed by atoms with Crippen LogP contribution in [0.2, 0.25) is 5.02 Å². The summed E-state index contributed by atoms with van der Waals surface area (Å²) in [5.74, 6) is 0.640. The summed E-state index contributed by atoms with van der Waals surface area (Å²) in [5, 5.41) is 0.363. The Morgan fingerprint density at radius 1 is 1.42 bits per heavy atom. The van der Waals surface area contributed by atoms with E-state index in [4.69, 9.17) is 16.3 Å². The number of ether oxygens (including phenoxy) is 1. The van der Waals surface area contributed by atoms with E-state index in [1.165, 1.54) is 18.9 Å². The normalized spacial score (nSPS) is 17.7. The predicted octanol–water partition coefficient (Wildman–Crippen LogP) is 4.35. The summed E-state index contributed by atoms with van der Waals surface area (Å²) in [7, 11) is 0. The van der Waals surface area contributed by atoms with Crippen LogP contribution in [0.15, 0.2) is 16.6 Å². The number of hydrogen-bond acceptors (Lipinski definition) is 2. The molecule has 1 saturated heterocycles. The fourth-order valence-corrected chi connectivity index (χ4v) is 3.12. The minimum absolute atomic E-state index is 0.245.